The second-order valence-electron chi connectivity index (χ2n) is 19.4. The largest absolute Gasteiger partial charge is 0.507 e. The molecular formula is C52H64N4O14. The number of anilines is 2. The molecule has 4 aliphatic heterocycles. The van der Waals surface area contributed by atoms with Gasteiger partial charge in [0.2, 0.25) is 10.9 Å². The van der Waals surface area contributed by atoms with Crippen LogP contribution in [-0.4, -0.2) is 125 Å². The highest BCUT2D eigenvalue weighted by molar-refractivity contribution is 6.16. The number of benzene rings is 3. The monoisotopic (exact) mass is 968 g/mol. The fourth-order valence-corrected chi connectivity index (χ4v) is 10.5. The van der Waals surface area contributed by atoms with Crippen LogP contribution in [0.1, 0.15) is 66.9 Å². The molecule has 8 rings (SSSR count). The summed E-state index contributed by atoms with van der Waals surface area (Å²) in [6.45, 7) is 17.1. The summed E-state index contributed by atoms with van der Waals surface area (Å²) in [5.41, 5.74) is -1.35. The highest BCUT2D eigenvalue weighted by Crippen LogP contribution is 2.42. The number of phenolic OH excluding ortho intramolecular Hbond substituents is 1. The number of allylic oxidation sites excluding steroid dienone is 2. The highest BCUT2D eigenvalue weighted by atomic mass is 16.7. The summed E-state index contributed by atoms with van der Waals surface area (Å²) >= 11 is 0. The molecule has 2 fully saturated rings. The van der Waals surface area contributed by atoms with Crippen LogP contribution in [0, 0.1) is 30.6 Å². The number of methoxy groups -OCH3 is 1. The topological polar surface area (TPSA) is 240 Å². The number of carbonyl (C=O) groups is 2. The third-order valence-corrected chi connectivity index (χ3v) is 14.8. The lowest BCUT2D eigenvalue weighted by molar-refractivity contribution is -0.160. The average Bonchev–Trinajstić information content (AvgIpc) is 3.61. The molecule has 0 saturated carbocycles. The summed E-state index contributed by atoms with van der Waals surface area (Å²) in [7, 11) is 1.45. The minimum absolute atomic E-state index is 0.0396. The summed E-state index contributed by atoms with van der Waals surface area (Å²) in [4.78, 5) is 65.0. The van der Waals surface area contributed by atoms with Gasteiger partial charge >= 0.3 is 11.8 Å². The third-order valence-electron chi connectivity index (χ3n) is 14.8. The second-order valence-corrected chi connectivity index (χ2v) is 19.4. The van der Waals surface area contributed by atoms with Crippen LogP contribution in [0.15, 0.2) is 62.3 Å². The Hall–Kier alpha value is -6.05. The van der Waals surface area contributed by atoms with Crippen LogP contribution in [0.3, 0.4) is 0 Å². The minimum Gasteiger partial charge on any atom is -0.507 e. The highest BCUT2D eigenvalue weighted by Gasteiger charge is 2.44. The Morgan fingerprint density at radius 2 is 1.61 bits per heavy atom. The Kier molecular flexibility index (Phi) is 14.4. The summed E-state index contributed by atoms with van der Waals surface area (Å²) < 4.78 is 36.2. The van der Waals surface area contributed by atoms with Gasteiger partial charge in [0.1, 0.15) is 28.8 Å². The summed E-state index contributed by atoms with van der Waals surface area (Å²) in [5.74, 6) is -6.94. The normalized spacial score (nSPS) is 30.5. The molecule has 0 spiro atoms. The van der Waals surface area contributed by atoms with E-state index in [2.05, 4.69) is 15.1 Å². The molecule has 1 amide bonds. The zero-order valence-corrected chi connectivity index (χ0v) is 41.1. The van der Waals surface area contributed by atoms with Crippen molar-refractivity contribution in [1.29, 1.82) is 0 Å². The van der Waals surface area contributed by atoms with E-state index in [0.29, 0.717) is 38.0 Å². The van der Waals surface area contributed by atoms with Crippen LogP contribution in [0.4, 0.5) is 11.4 Å². The number of phenols is 1. The number of nitrogens with zero attached hydrogens (tertiary/aromatic N) is 3. The molecule has 1 aromatic heterocycles. The molecular weight excluding hydrogens is 905 g/mol. The van der Waals surface area contributed by atoms with E-state index in [1.54, 1.807) is 45.9 Å². The lowest BCUT2D eigenvalue weighted by atomic mass is 9.78. The van der Waals surface area contributed by atoms with Crippen LogP contribution in [-0.2, 0) is 28.5 Å². The molecule has 70 heavy (non-hydrogen) atoms. The third kappa shape index (κ3) is 9.22. The predicted octanol–water partition coefficient (Wildman–Crippen LogP) is 4.86. The molecule has 2 saturated heterocycles. The first-order valence-corrected chi connectivity index (χ1v) is 24.0. The average molecular weight is 969 g/mol. The van der Waals surface area contributed by atoms with Crippen molar-refractivity contribution in [1.82, 2.24) is 9.88 Å². The summed E-state index contributed by atoms with van der Waals surface area (Å²) in [6.07, 6.45) is 5.32. The summed E-state index contributed by atoms with van der Waals surface area (Å²) in [5, 5.41) is 49.4. The smallest absolute Gasteiger partial charge is 0.307 e. The fourth-order valence-electron chi connectivity index (χ4n) is 10.5. The SMILES string of the molecule is CO[C@H]1/C=C/O[C@@]2(C)Oc3c(C)c(O)c4c(=O)c(c5oc6cc(N7CCC(N8CCOCC8)CC7)cc(=O)c6nc5c4c3=C2O)NC(=O)/C(C)=C\C=C\[C@H](C)[C@H](O)[C@@H](C)[C@@H](O)[C@@H](C)[C@H](OC(C)=O)[C@@H]1C. The Morgan fingerprint density at radius 3 is 2.29 bits per heavy atom. The zero-order valence-electron chi connectivity index (χ0n) is 41.1. The number of aliphatic hydroxyl groups excluding tert-OH is 3. The molecule has 4 aromatic rings. The first-order chi connectivity index (χ1) is 33.3. The maximum absolute atomic E-state index is 14.9. The molecule has 3 aromatic carbocycles. The van der Waals surface area contributed by atoms with Gasteiger partial charge in [0.05, 0.1) is 48.4 Å². The zero-order chi connectivity index (χ0) is 50.5. The molecule has 9 atom stereocenters. The first-order valence-electron chi connectivity index (χ1n) is 24.0. The van der Waals surface area contributed by atoms with E-state index in [0.717, 1.165) is 25.9 Å². The van der Waals surface area contributed by atoms with Gasteiger partial charge in [-0.25, -0.2) is 4.98 Å². The maximum Gasteiger partial charge on any atom is 0.307 e. The van der Waals surface area contributed by atoms with E-state index in [1.807, 2.05) is 0 Å². The van der Waals surface area contributed by atoms with Crippen molar-refractivity contribution in [3.8, 4) is 11.5 Å². The lowest BCUT2D eigenvalue weighted by Crippen LogP contribution is -2.49. The van der Waals surface area contributed by atoms with Crippen molar-refractivity contribution < 1.29 is 58.1 Å². The van der Waals surface area contributed by atoms with Gasteiger partial charge in [0.25, 0.3) is 5.91 Å². The molecule has 376 valence electrons. The molecule has 5 heterocycles. The number of aliphatic hydroxyl groups is 3. The quantitative estimate of drug-likeness (QED) is 0.104. The predicted molar refractivity (Wildman–Crippen MR) is 263 cm³/mol. The van der Waals surface area contributed by atoms with Gasteiger partial charge in [0, 0.05) is 111 Å². The minimum atomic E-state index is -1.99. The second kappa shape index (κ2) is 20.0. The first kappa shape index (κ1) is 50.3. The van der Waals surface area contributed by atoms with E-state index < -0.39 is 88.1 Å². The number of fused-ring (bicyclic) bond motifs is 2. The number of aromatic nitrogens is 1. The van der Waals surface area contributed by atoms with Crippen LogP contribution >= 0.6 is 0 Å². The van der Waals surface area contributed by atoms with Gasteiger partial charge < -0.3 is 58.7 Å². The van der Waals surface area contributed by atoms with Crippen LogP contribution in [0.25, 0.3) is 38.7 Å². The Morgan fingerprint density at radius 1 is 0.914 bits per heavy atom. The number of esters is 1. The van der Waals surface area contributed by atoms with Crippen molar-refractivity contribution in [2.75, 3.05) is 56.7 Å². The van der Waals surface area contributed by atoms with Gasteiger partial charge in [-0.3, -0.25) is 24.1 Å². The van der Waals surface area contributed by atoms with E-state index in [4.69, 9.17) is 33.1 Å². The number of aromatic hydroxyl groups is 1. The van der Waals surface area contributed by atoms with E-state index in [9.17, 15) is 39.6 Å². The number of carbonyl (C=O) groups excluding carboxylic acids is 2. The van der Waals surface area contributed by atoms with E-state index >= 15 is 0 Å². The molecule has 4 aliphatic rings. The Labute approximate surface area is 404 Å². The molecule has 0 unspecified atom stereocenters. The van der Waals surface area contributed by atoms with Crippen LogP contribution in [0.5, 0.6) is 11.5 Å². The van der Waals surface area contributed by atoms with Gasteiger partial charge in [-0.05, 0) is 32.8 Å². The number of hydrogen-bond donors (Lipinski definition) is 5. The van der Waals surface area contributed by atoms with Crippen molar-refractivity contribution in [2.24, 2.45) is 23.7 Å². The van der Waals surface area contributed by atoms with E-state index in [1.165, 1.54) is 59.3 Å². The number of nitrogens with one attached hydrogen (secondary N) is 1. The lowest BCUT2D eigenvalue weighted by Gasteiger charge is -2.40. The molecule has 18 heteroatoms. The van der Waals surface area contributed by atoms with Crippen molar-refractivity contribution in [3.05, 3.63) is 79.5 Å². The number of rotatable bonds is 4. The van der Waals surface area contributed by atoms with Crippen molar-refractivity contribution in [3.63, 3.8) is 0 Å². The molecule has 0 radical (unpaired) electrons. The summed E-state index contributed by atoms with van der Waals surface area (Å²) in [6, 6.07) is 3.56. The molecule has 0 aliphatic carbocycles. The number of ether oxygens (including phenoxy) is 5. The fraction of sp³-hybridized carbons (Fsp3) is 0.519. The van der Waals surface area contributed by atoms with Crippen molar-refractivity contribution in [2.45, 2.75) is 104 Å². The molecule has 5 N–H and O–H groups in total. The van der Waals surface area contributed by atoms with E-state index in [-0.39, 0.29) is 60.8 Å². The maximum atomic E-state index is 14.9. The van der Waals surface area contributed by atoms with Gasteiger partial charge in [-0.15, -0.1) is 0 Å². The standard InChI is InChI=1S/C52H64N4O14/c1-25-11-10-12-26(2)51(64)54-42-46(62)38-37(41-49(42)69-36-24-33(23-34(58)40(36)53-41)55-16-13-32(14-17-55)56-18-21-66-22-19-56)39-48(30(6)45(38)61)70-52(8,50(39)63)67-20-15-35(65-9)27(3)47(68-31(7)57)29(5)44(60)28(4)43(25)59/h10-12,15,20,23-25,27-29,32,35,43-44,47,59-61,63H,13-14,16-19,21-22H2,1-9H3,(H,54,64)/b11-10+,20-15+,26-12-/t25-,27+,28+,29+,35-,43-,44+,47+,52-/m0/s1. The molecule has 18 nitrogen and oxygen atoms in total. The number of hydrogen-bond acceptors (Lipinski definition) is 17. The number of amides is 1. The van der Waals surface area contributed by atoms with Gasteiger partial charge in [-0.2, -0.15) is 0 Å². The van der Waals surface area contributed by atoms with Crippen molar-refractivity contribution >= 4 is 62.0 Å². The Bertz CT molecular complexity index is 2970. The Balaban J connectivity index is 1.31. The van der Waals surface area contributed by atoms with Crippen LogP contribution < -0.4 is 31.0 Å². The van der Waals surface area contributed by atoms with Gasteiger partial charge in [-0.1, -0.05) is 45.9 Å². The number of morpholine rings is 1. The molecule has 4 bridgehead atoms. The van der Waals surface area contributed by atoms with Crippen LogP contribution in [0.2, 0.25) is 0 Å². The van der Waals surface area contributed by atoms with Gasteiger partial charge in [0.15, 0.2) is 22.4 Å². The number of piperidine rings is 1.